The molecule has 0 spiro atoms. The Bertz CT molecular complexity index is 341. The zero-order chi connectivity index (χ0) is 11.1. The molecule has 0 aliphatic rings. The third kappa shape index (κ3) is 3.74. The number of carbonyl (C=O) groups is 1. The standard InChI is InChI=1S/C8H12N6O/c1-3-4-9-5-7(15)10-6(2)8-11-13-14-12-8/h1,6,9H,4-5H2,2H3,(H,10,15)(H,11,12,13,14). The van der Waals surface area contributed by atoms with Crippen molar-refractivity contribution >= 4 is 5.91 Å². The topological polar surface area (TPSA) is 95.6 Å². The third-order valence-electron chi connectivity index (χ3n) is 1.64. The summed E-state index contributed by atoms with van der Waals surface area (Å²) in [5.41, 5.74) is 0. The number of nitrogens with zero attached hydrogens (tertiary/aromatic N) is 3. The van der Waals surface area contributed by atoms with E-state index in [4.69, 9.17) is 6.42 Å². The molecule has 80 valence electrons. The van der Waals surface area contributed by atoms with Crippen LogP contribution in [-0.2, 0) is 4.79 Å². The third-order valence-corrected chi connectivity index (χ3v) is 1.64. The highest BCUT2D eigenvalue weighted by molar-refractivity contribution is 5.78. The van der Waals surface area contributed by atoms with Crippen LogP contribution in [0.5, 0.6) is 0 Å². The van der Waals surface area contributed by atoms with E-state index in [1.54, 1.807) is 6.92 Å². The Morgan fingerprint density at radius 2 is 2.53 bits per heavy atom. The highest BCUT2D eigenvalue weighted by atomic mass is 16.2. The van der Waals surface area contributed by atoms with Gasteiger partial charge >= 0.3 is 0 Å². The summed E-state index contributed by atoms with van der Waals surface area (Å²) in [5.74, 6) is 2.65. The maximum atomic E-state index is 11.3. The number of H-pyrrole nitrogens is 1. The number of tetrazole rings is 1. The summed E-state index contributed by atoms with van der Waals surface area (Å²) in [4.78, 5) is 11.3. The minimum Gasteiger partial charge on any atom is -0.345 e. The summed E-state index contributed by atoms with van der Waals surface area (Å²) in [6.45, 7) is 2.31. The van der Waals surface area contributed by atoms with E-state index in [0.29, 0.717) is 12.4 Å². The maximum absolute atomic E-state index is 11.3. The van der Waals surface area contributed by atoms with Gasteiger partial charge in [-0.05, 0) is 6.92 Å². The van der Waals surface area contributed by atoms with Crippen LogP contribution in [0.25, 0.3) is 0 Å². The molecular formula is C8H12N6O. The molecule has 1 unspecified atom stereocenters. The Balaban J connectivity index is 2.29. The van der Waals surface area contributed by atoms with E-state index < -0.39 is 0 Å². The van der Waals surface area contributed by atoms with Crippen molar-refractivity contribution < 1.29 is 4.79 Å². The van der Waals surface area contributed by atoms with Gasteiger partial charge in [0.2, 0.25) is 5.91 Å². The second-order valence-electron chi connectivity index (χ2n) is 2.87. The van der Waals surface area contributed by atoms with Crippen LogP contribution in [0.1, 0.15) is 18.8 Å². The maximum Gasteiger partial charge on any atom is 0.234 e. The molecular weight excluding hydrogens is 196 g/mol. The van der Waals surface area contributed by atoms with Crippen molar-refractivity contribution in [2.24, 2.45) is 0 Å². The van der Waals surface area contributed by atoms with Crippen LogP contribution in [-0.4, -0.2) is 39.6 Å². The largest absolute Gasteiger partial charge is 0.345 e. The molecule has 0 aromatic carbocycles. The zero-order valence-electron chi connectivity index (χ0n) is 8.32. The fourth-order valence-corrected chi connectivity index (χ4v) is 0.958. The molecule has 15 heavy (non-hydrogen) atoms. The molecule has 0 aliphatic carbocycles. The number of hydrogen-bond donors (Lipinski definition) is 3. The molecule has 7 heteroatoms. The summed E-state index contributed by atoms with van der Waals surface area (Å²) in [6.07, 6.45) is 5.02. The number of hydrogen-bond acceptors (Lipinski definition) is 5. The van der Waals surface area contributed by atoms with Crippen molar-refractivity contribution in [1.29, 1.82) is 0 Å². The summed E-state index contributed by atoms with van der Waals surface area (Å²) >= 11 is 0. The molecule has 7 nitrogen and oxygen atoms in total. The molecule has 0 saturated carbocycles. The van der Waals surface area contributed by atoms with Gasteiger partial charge < -0.3 is 5.32 Å². The Hall–Kier alpha value is -1.94. The SMILES string of the molecule is C#CCNCC(=O)NC(C)c1nn[nH]n1. The normalized spacial score (nSPS) is 11.7. The first-order chi connectivity index (χ1) is 7.24. The zero-order valence-corrected chi connectivity index (χ0v) is 8.32. The molecule has 1 aromatic rings. The second-order valence-corrected chi connectivity index (χ2v) is 2.87. The van der Waals surface area contributed by atoms with Gasteiger partial charge in [-0.1, -0.05) is 11.1 Å². The van der Waals surface area contributed by atoms with Crippen LogP contribution < -0.4 is 10.6 Å². The molecule has 0 bridgehead atoms. The quantitative estimate of drug-likeness (QED) is 0.408. The number of carbonyl (C=O) groups excluding carboxylic acids is 1. The van der Waals surface area contributed by atoms with Crippen molar-refractivity contribution in [3.63, 3.8) is 0 Å². The lowest BCUT2D eigenvalue weighted by Gasteiger charge is -2.09. The van der Waals surface area contributed by atoms with Gasteiger partial charge in [0.05, 0.1) is 19.1 Å². The van der Waals surface area contributed by atoms with Crippen molar-refractivity contribution in [2.75, 3.05) is 13.1 Å². The predicted octanol–water partition coefficient (Wildman–Crippen LogP) is -1.40. The van der Waals surface area contributed by atoms with Gasteiger partial charge in [0.15, 0.2) is 5.82 Å². The molecule has 1 rings (SSSR count). The average molecular weight is 208 g/mol. The van der Waals surface area contributed by atoms with Crippen molar-refractivity contribution in [3.8, 4) is 12.3 Å². The first-order valence-electron chi connectivity index (χ1n) is 4.41. The van der Waals surface area contributed by atoms with Crippen molar-refractivity contribution in [2.45, 2.75) is 13.0 Å². The van der Waals surface area contributed by atoms with Gasteiger partial charge in [-0.2, -0.15) is 5.21 Å². The summed E-state index contributed by atoms with van der Waals surface area (Å²) in [6, 6.07) is -0.274. The lowest BCUT2D eigenvalue weighted by atomic mass is 10.3. The van der Waals surface area contributed by atoms with E-state index in [-0.39, 0.29) is 18.5 Å². The number of aromatic amines is 1. The highest BCUT2D eigenvalue weighted by Gasteiger charge is 2.12. The van der Waals surface area contributed by atoms with Crippen molar-refractivity contribution in [1.82, 2.24) is 31.3 Å². The van der Waals surface area contributed by atoms with Gasteiger partial charge in [-0.3, -0.25) is 10.1 Å². The van der Waals surface area contributed by atoms with Gasteiger partial charge in [0, 0.05) is 0 Å². The van der Waals surface area contributed by atoms with Crippen LogP contribution in [0.2, 0.25) is 0 Å². The lowest BCUT2D eigenvalue weighted by Crippen LogP contribution is -2.35. The Morgan fingerprint density at radius 1 is 1.73 bits per heavy atom. The average Bonchev–Trinajstić information content (AvgIpc) is 2.70. The second kappa shape index (κ2) is 5.72. The fraction of sp³-hybridized carbons (Fsp3) is 0.500. The monoisotopic (exact) mass is 208 g/mol. The molecule has 1 aromatic heterocycles. The molecule has 0 aliphatic heterocycles. The van der Waals surface area contributed by atoms with Crippen molar-refractivity contribution in [3.05, 3.63) is 5.82 Å². The first kappa shape index (κ1) is 11.1. The molecule has 0 saturated heterocycles. The van der Waals surface area contributed by atoms with Gasteiger partial charge in [0.1, 0.15) is 0 Å². The number of amides is 1. The predicted molar refractivity (Wildman–Crippen MR) is 52.4 cm³/mol. The van der Waals surface area contributed by atoms with E-state index in [0.717, 1.165) is 0 Å². The molecule has 1 heterocycles. The minimum atomic E-state index is -0.274. The number of rotatable bonds is 5. The Kier molecular flexibility index (Phi) is 4.25. The smallest absolute Gasteiger partial charge is 0.234 e. The number of nitrogens with one attached hydrogen (secondary N) is 3. The molecule has 0 radical (unpaired) electrons. The van der Waals surface area contributed by atoms with E-state index >= 15 is 0 Å². The van der Waals surface area contributed by atoms with E-state index in [9.17, 15) is 4.79 Å². The Labute approximate surface area is 87.0 Å². The summed E-state index contributed by atoms with van der Waals surface area (Å²) in [5, 5.41) is 18.7. The minimum absolute atomic E-state index is 0.164. The van der Waals surface area contributed by atoms with Gasteiger partial charge in [-0.25, -0.2) is 0 Å². The van der Waals surface area contributed by atoms with E-state index in [2.05, 4.69) is 37.2 Å². The van der Waals surface area contributed by atoms with Gasteiger partial charge in [-0.15, -0.1) is 16.6 Å². The molecule has 3 N–H and O–H groups in total. The molecule has 0 fully saturated rings. The highest BCUT2D eigenvalue weighted by Crippen LogP contribution is 2.01. The van der Waals surface area contributed by atoms with Crippen LogP contribution in [0.4, 0.5) is 0 Å². The number of terminal acetylenes is 1. The summed E-state index contributed by atoms with van der Waals surface area (Å²) < 4.78 is 0. The van der Waals surface area contributed by atoms with Gasteiger partial charge in [0.25, 0.3) is 0 Å². The van der Waals surface area contributed by atoms with E-state index in [1.807, 2.05) is 0 Å². The lowest BCUT2D eigenvalue weighted by molar-refractivity contribution is -0.120. The van der Waals surface area contributed by atoms with E-state index in [1.165, 1.54) is 0 Å². The fourth-order valence-electron chi connectivity index (χ4n) is 0.958. The molecule has 1 atom stereocenters. The number of aromatic nitrogens is 4. The van der Waals surface area contributed by atoms with Crippen LogP contribution in [0.3, 0.4) is 0 Å². The molecule has 1 amide bonds. The van der Waals surface area contributed by atoms with Crippen LogP contribution >= 0.6 is 0 Å². The Morgan fingerprint density at radius 3 is 3.13 bits per heavy atom. The van der Waals surface area contributed by atoms with Crippen LogP contribution in [0.15, 0.2) is 0 Å². The van der Waals surface area contributed by atoms with Crippen LogP contribution in [0, 0.1) is 12.3 Å². The summed E-state index contributed by atoms with van der Waals surface area (Å²) in [7, 11) is 0. The first-order valence-corrected chi connectivity index (χ1v) is 4.41.